The number of nitrogens with zero attached hydrogens (tertiary/aromatic N) is 3. The topological polar surface area (TPSA) is 65.1 Å². The molecule has 2 aliphatic heterocycles. The number of methoxy groups -OCH3 is 1. The summed E-state index contributed by atoms with van der Waals surface area (Å²) in [7, 11) is 1.70. The number of hydrogen-bond acceptors (Lipinski definition) is 5. The number of ether oxygens (including phenoxy) is 1. The van der Waals surface area contributed by atoms with Gasteiger partial charge in [0.2, 0.25) is 5.91 Å². The van der Waals surface area contributed by atoms with Gasteiger partial charge >= 0.3 is 0 Å². The van der Waals surface area contributed by atoms with E-state index in [4.69, 9.17) is 4.74 Å². The summed E-state index contributed by atoms with van der Waals surface area (Å²) in [6.07, 6.45) is 2.08. The van der Waals surface area contributed by atoms with E-state index < -0.39 is 5.41 Å². The third-order valence-electron chi connectivity index (χ3n) is 6.61. The molecule has 7 heteroatoms. The Balaban J connectivity index is 1.57. The van der Waals surface area contributed by atoms with Crippen LogP contribution in [0.15, 0.2) is 42.5 Å². The standard InChI is InChI=1S/C27H36N4O3/c1-27(2,3)26(33)28-20-11-12-22(21(19-20)25(32)31-13-7-8-14-31)29-15-17-30(18-16-29)23-9-5-6-10-24(23)34-4/h5-6,9-12,19H,7-8,13-18H2,1-4H3,(H,28,33). The van der Waals surface area contributed by atoms with E-state index in [9.17, 15) is 9.59 Å². The summed E-state index contributed by atoms with van der Waals surface area (Å²) >= 11 is 0. The minimum Gasteiger partial charge on any atom is -0.495 e. The molecule has 1 N–H and O–H groups in total. The largest absolute Gasteiger partial charge is 0.495 e. The van der Waals surface area contributed by atoms with Gasteiger partial charge in [0.05, 0.1) is 18.4 Å². The number of carbonyl (C=O) groups excluding carboxylic acids is 2. The number of hydrogen-bond donors (Lipinski definition) is 1. The van der Waals surface area contributed by atoms with Crippen molar-refractivity contribution in [3.63, 3.8) is 0 Å². The average Bonchev–Trinajstić information content (AvgIpc) is 3.38. The summed E-state index contributed by atoms with van der Waals surface area (Å²) in [6, 6.07) is 13.8. The molecule has 0 bridgehead atoms. The van der Waals surface area contributed by atoms with Gasteiger partial charge in [0.25, 0.3) is 5.91 Å². The Morgan fingerprint density at radius 2 is 1.47 bits per heavy atom. The van der Waals surface area contributed by atoms with Gasteiger partial charge in [0.1, 0.15) is 5.75 Å². The quantitative estimate of drug-likeness (QED) is 0.717. The normalized spacial score (nSPS) is 16.5. The lowest BCUT2D eigenvalue weighted by atomic mass is 9.95. The maximum absolute atomic E-state index is 13.5. The SMILES string of the molecule is COc1ccccc1N1CCN(c2ccc(NC(=O)C(C)(C)C)cc2C(=O)N2CCCC2)CC1. The molecule has 7 nitrogen and oxygen atoms in total. The van der Waals surface area contributed by atoms with Gasteiger partial charge in [-0.3, -0.25) is 9.59 Å². The molecule has 4 rings (SSSR count). The van der Waals surface area contributed by atoms with Crippen molar-refractivity contribution in [1.82, 2.24) is 4.90 Å². The van der Waals surface area contributed by atoms with Gasteiger partial charge in [-0.15, -0.1) is 0 Å². The van der Waals surface area contributed by atoms with Crippen LogP contribution in [0.3, 0.4) is 0 Å². The second-order valence-electron chi connectivity index (χ2n) is 10.1. The molecule has 0 aromatic heterocycles. The fourth-order valence-electron chi connectivity index (χ4n) is 4.55. The van der Waals surface area contributed by atoms with Gasteiger partial charge in [-0.25, -0.2) is 0 Å². The maximum Gasteiger partial charge on any atom is 0.256 e. The molecule has 2 fully saturated rings. The van der Waals surface area contributed by atoms with Crippen LogP contribution in [-0.4, -0.2) is 63.1 Å². The van der Waals surface area contributed by atoms with E-state index in [0.29, 0.717) is 11.3 Å². The molecule has 0 radical (unpaired) electrons. The van der Waals surface area contributed by atoms with E-state index in [-0.39, 0.29) is 11.8 Å². The highest BCUT2D eigenvalue weighted by Crippen LogP contribution is 2.32. The van der Waals surface area contributed by atoms with Crippen molar-refractivity contribution in [2.24, 2.45) is 5.41 Å². The molecule has 0 saturated carbocycles. The molecule has 0 unspecified atom stereocenters. The zero-order valence-corrected chi connectivity index (χ0v) is 20.8. The van der Waals surface area contributed by atoms with Crippen LogP contribution >= 0.6 is 0 Å². The summed E-state index contributed by atoms with van der Waals surface area (Å²) in [5, 5.41) is 2.99. The number of anilines is 3. The van der Waals surface area contributed by atoms with Crippen molar-refractivity contribution in [2.75, 3.05) is 61.5 Å². The minimum absolute atomic E-state index is 0.0477. The van der Waals surface area contributed by atoms with Gasteiger partial charge < -0.3 is 24.8 Å². The summed E-state index contributed by atoms with van der Waals surface area (Å²) in [5.74, 6) is 0.858. The first-order chi connectivity index (χ1) is 16.3. The highest BCUT2D eigenvalue weighted by Gasteiger charge is 2.28. The molecule has 2 aliphatic rings. The van der Waals surface area contributed by atoms with Crippen molar-refractivity contribution < 1.29 is 14.3 Å². The van der Waals surface area contributed by atoms with E-state index in [1.807, 2.05) is 62.1 Å². The van der Waals surface area contributed by atoms with Crippen LogP contribution in [0.25, 0.3) is 0 Å². The maximum atomic E-state index is 13.5. The third-order valence-corrected chi connectivity index (χ3v) is 6.61. The zero-order valence-electron chi connectivity index (χ0n) is 20.8. The lowest BCUT2D eigenvalue weighted by Crippen LogP contribution is -2.47. The van der Waals surface area contributed by atoms with E-state index in [1.54, 1.807) is 7.11 Å². The van der Waals surface area contributed by atoms with Crippen LogP contribution in [-0.2, 0) is 4.79 Å². The fraction of sp³-hybridized carbons (Fsp3) is 0.481. The van der Waals surface area contributed by atoms with Crippen LogP contribution < -0.4 is 19.9 Å². The number of benzene rings is 2. The number of likely N-dealkylation sites (tertiary alicyclic amines) is 1. The molecular formula is C27H36N4O3. The second kappa shape index (κ2) is 9.95. The molecule has 2 heterocycles. The van der Waals surface area contributed by atoms with Crippen molar-refractivity contribution in [3.8, 4) is 5.75 Å². The monoisotopic (exact) mass is 464 g/mol. The summed E-state index contributed by atoms with van der Waals surface area (Å²) < 4.78 is 5.55. The Morgan fingerprint density at radius 3 is 2.09 bits per heavy atom. The molecule has 0 atom stereocenters. The molecular weight excluding hydrogens is 428 g/mol. The first-order valence-corrected chi connectivity index (χ1v) is 12.2. The second-order valence-corrected chi connectivity index (χ2v) is 10.1. The molecule has 182 valence electrons. The molecule has 2 aromatic carbocycles. The number of carbonyl (C=O) groups is 2. The highest BCUT2D eigenvalue weighted by atomic mass is 16.5. The Labute approximate surface area is 202 Å². The number of rotatable bonds is 5. The molecule has 34 heavy (non-hydrogen) atoms. The fourth-order valence-corrected chi connectivity index (χ4v) is 4.55. The highest BCUT2D eigenvalue weighted by molar-refractivity contribution is 6.02. The third kappa shape index (κ3) is 5.13. The lowest BCUT2D eigenvalue weighted by Gasteiger charge is -2.38. The van der Waals surface area contributed by atoms with E-state index in [1.165, 1.54) is 0 Å². The smallest absolute Gasteiger partial charge is 0.256 e. The van der Waals surface area contributed by atoms with Crippen LogP contribution in [0, 0.1) is 5.41 Å². The van der Waals surface area contributed by atoms with Crippen LogP contribution in [0.4, 0.5) is 17.1 Å². The Hall–Kier alpha value is -3.22. The van der Waals surface area contributed by atoms with Crippen LogP contribution in [0.1, 0.15) is 44.0 Å². The lowest BCUT2D eigenvalue weighted by molar-refractivity contribution is -0.123. The first-order valence-electron chi connectivity index (χ1n) is 12.2. The Morgan fingerprint density at radius 1 is 0.853 bits per heavy atom. The zero-order chi connectivity index (χ0) is 24.3. The van der Waals surface area contributed by atoms with Crippen molar-refractivity contribution >= 4 is 28.9 Å². The summed E-state index contributed by atoms with van der Waals surface area (Å²) in [4.78, 5) is 32.6. The first kappa shape index (κ1) is 23.9. The predicted octanol–water partition coefficient (Wildman–Crippen LogP) is 4.24. The number of nitrogens with one attached hydrogen (secondary N) is 1. The number of para-hydroxylation sites is 2. The number of amides is 2. The van der Waals surface area contributed by atoms with Crippen molar-refractivity contribution in [2.45, 2.75) is 33.6 Å². The van der Waals surface area contributed by atoms with Gasteiger partial charge in [0.15, 0.2) is 0 Å². The van der Waals surface area contributed by atoms with Crippen molar-refractivity contribution in [3.05, 3.63) is 48.0 Å². The molecule has 2 saturated heterocycles. The number of piperazine rings is 1. The van der Waals surface area contributed by atoms with E-state index in [2.05, 4.69) is 21.2 Å². The minimum atomic E-state index is -0.507. The average molecular weight is 465 g/mol. The van der Waals surface area contributed by atoms with E-state index in [0.717, 1.165) is 69.2 Å². The van der Waals surface area contributed by atoms with E-state index >= 15 is 0 Å². The van der Waals surface area contributed by atoms with Gasteiger partial charge in [-0.05, 0) is 43.2 Å². The summed E-state index contributed by atoms with van der Waals surface area (Å²) in [6.45, 7) is 10.5. The van der Waals surface area contributed by atoms with Crippen LogP contribution in [0.2, 0.25) is 0 Å². The Bertz CT molecular complexity index is 1030. The van der Waals surface area contributed by atoms with Gasteiger partial charge in [-0.1, -0.05) is 32.9 Å². The molecule has 0 aliphatic carbocycles. The predicted molar refractivity (Wildman–Crippen MR) is 137 cm³/mol. The van der Waals surface area contributed by atoms with Gasteiger partial charge in [0, 0.05) is 56.1 Å². The van der Waals surface area contributed by atoms with Crippen molar-refractivity contribution in [1.29, 1.82) is 0 Å². The van der Waals surface area contributed by atoms with Crippen LogP contribution in [0.5, 0.6) is 5.75 Å². The molecule has 2 aromatic rings. The molecule has 2 amide bonds. The molecule has 0 spiro atoms. The summed E-state index contributed by atoms with van der Waals surface area (Å²) in [5.41, 5.74) is 2.86. The van der Waals surface area contributed by atoms with Gasteiger partial charge in [-0.2, -0.15) is 0 Å². The Kier molecular flexibility index (Phi) is 7.00.